The van der Waals surface area contributed by atoms with E-state index in [1.165, 1.54) is 19.3 Å². The van der Waals surface area contributed by atoms with Crippen molar-refractivity contribution in [3.05, 3.63) is 63.3 Å². The van der Waals surface area contributed by atoms with Gasteiger partial charge < -0.3 is 4.90 Å². The summed E-state index contributed by atoms with van der Waals surface area (Å²) in [6.45, 7) is 7.54. The van der Waals surface area contributed by atoms with Crippen LogP contribution in [-0.4, -0.2) is 45.4 Å². The first-order chi connectivity index (χ1) is 16.1. The summed E-state index contributed by atoms with van der Waals surface area (Å²) in [7, 11) is 0. The van der Waals surface area contributed by atoms with Crippen LogP contribution in [0, 0.1) is 4.77 Å². The summed E-state index contributed by atoms with van der Waals surface area (Å²) >= 11 is 18.4. The highest BCUT2D eigenvalue weighted by Crippen LogP contribution is 2.26. The first-order valence-corrected chi connectivity index (χ1v) is 12.9. The van der Waals surface area contributed by atoms with Crippen LogP contribution >= 0.6 is 35.4 Å². The third-order valence-corrected chi connectivity index (χ3v) is 7.16. The number of para-hydroxylation sites is 1. The first-order valence-electron chi connectivity index (χ1n) is 11.7. The molecule has 1 saturated heterocycles. The van der Waals surface area contributed by atoms with Crippen molar-refractivity contribution in [2.75, 3.05) is 31.1 Å². The molecular weight excluding hydrogens is 473 g/mol. The molecule has 33 heavy (non-hydrogen) atoms. The molecule has 176 valence electrons. The van der Waals surface area contributed by atoms with E-state index in [0.29, 0.717) is 6.67 Å². The van der Waals surface area contributed by atoms with Crippen LogP contribution in [0.2, 0.25) is 10.0 Å². The second-order valence-electron chi connectivity index (χ2n) is 8.52. The lowest BCUT2D eigenvalue weighted by Crippen LogP contribution is -2.47. The highest BCUT2D eigenvalue weighted by Gasteiger charge is 2.21. The smallest absolute Gasteiger partial charge is 0.199 e. The lowest BCUT2D eigenvalue weighted by molar-refractivity contribution is 0.194. The molecule has 1 aliphatic heterocycles. The molecule has 5 nitrogen and oxygen atoms in total. The quantitative estimate of drug-likeness (QED) is 0.238. The predicted molar refractivity (Wildman–Crippen MR) is 141 cm³/mol. The number of benzene rings is 2. The minimum absolute atomic E-state index is 0.692. The zero-order valence-corrected chi connectivity index (χ0v) is 21.4. The third kappa shape index (κ3) is 5.99. The van der Waals surface area contributed by atoms with Gasteiger partial charge in [-0.15, -0.1) is 0 Å². The van der Waals surface area contributed by atoms with Gasteiger partial charge in [0.25, 0.3) is 0 Å². The van der Waals surface area contributed by atoms with Crippen molar-refractivity contribution in [2.24, 2.45) is 0 Å². The summed E-state index contributed by atoms with van der Waals surface area (Å²) in [5.74, 6) is 0.919. The van der Waals surface area contributed by atoms with Crippen LogP contribution in [0.25, 0.3) is 11.4 Å². The molecule has 1 fully saturated rings. The van der Waals surface area contributed by atoms with Crippen molar-refractivity contribution in [3.8, 4) is 11.4 Å². The van der Waals surface area contributed by atoms with E-state index in [0.717, 1.165) is 71.0 Å². The number of halogens is 2. The minimum atomic E-state index is 0.692. The Bertz CT molecular complexity index is 1100. The summed E-state index contributed by atoms with van der Waals surface area (Å²) in [6, 6.07) is 15.9. The van der Waals surface area contributed by atoms with Crippen LogP contribution in [0.4, 0.5) is 5.69 Å². The molecule has 1 aliphatic rings. The van der Waals surface area contributed by atoms with Crippen molar-refractivity contribution in [2.45, 2.75) is 45.8 Å². The van der Waals surface area contributed by atoms with E-state index in [2.05, 4.69) is 27.4 Å². The van der Waals surface area contributed by atoms with E-state index >= 15 is 0 Å². The van der Waals surface area contributed by atoms with Crippen LogP contribution in [0.1, 0.15) is 32.6 Å². The predicted octanol–water partition coefficient (Wildman–Crippen LogP) is 6.75. The van der Waals surface area contributed by atoms with Gasteiger partial charge in [-0.25, -0.2) is 4.68 Å². The number of piperazine rings is 1. The summed E-state index contributed by atoms with van der Waals surface area (Å²) < 4.78 is 4.95. The van der Waals surface area contributed by atoms with Crippen molar-refractivity contribution in [1.29, 1.82) is 0 Å². The molecule has 0 unspecified atom stereocenters. The van der Waals surface area contributed by atoms with Gasteiger partial charge in [0.1, 0.15) is 0 Å². The normalized spacial score (nSPS) is 14.7. The fourth-order valence-electron chi connectivity index (χ4n) is 4.27. The Kier molecular flexibility index (Phi) is 8.47. The highest BCUT2D eigenvalue weighted by molar-refractivity contribution is 7.71. The van der Waals surface area contributed by atoms with E-state index in [4.69, 9.17) is 40.5 Å². The van der Waals surface area contributed by atoms with E-state index in [-0.39, 0.29) is 0 Å². The van der Waals surface area contributed by atoms with Crippen molar-refractivity contribution < 1.29 is 0 Å². The summed E-state index contributed by atoms with van der Waals surface area (Å²) in [4.78, 5) is 4.76. The molecular formula is C25H31Cl2N5S. The molecule has 4 rings (SSSR count). The van der Waals surface area contributed by atoms with Crippen molar-refractivity contribution in [1.82, 2.24) is 19.2 Å². The first kappa shape index (κ1) is 24.3. The molecule has 0 saturated carbocycles. The van der Waals surface area contributed by atoms with E-state index < -0.39 is 0 Å². The Labute approximate surface area is 211 Å². The van der Waals surface area contributed by atoms with Gasteiger partial charge in [0.05, 0.1) is 17.4 Å². The molecule has 2 heterocycles. The number of unbranched alkanes of at least 4 members (excludes halogenated alkanes) is 3. The molecule has 0 spiro atoms. The Balaban J connectivity index is 1.49. The molecule has 0 N–H and O–H groups in total. The standard InChI is InChI=1S/C25H31Cl2N5S/c1-2-3-4-7-14-31-24(20-10-12-21(26)13-11-20)28-32(25(31)33)19-29-15-17-30(18-16-29)23-9-6-5-8-22(23)27/h5-6,8-13H,2-4,7,14-19H2,1H3. The Morgan fingerprint density at radius 2 is 1.64 bits per heavy atom. The Morgan fingerprint density at radius 1 is 0.909 bits per heavy atom. The van der Waals surface area contributed by atoms with Crippen LogP contribution in [-0.2, 0) is 13.2 Å². The van der Waals surface area contributed by atoms with Gasteiger partial charge in [-0.1, -0.05) is 61.5 Å². The van der Waals surface area contributed by atoms with Crippen LogP contribution in [0.3, 0.4) is 0 Å². The Hall–Kier alpha value is -1.86. The Morgan fingerprint density at radius 3 is 2.33 bits per heavy atom. The van der Waals surface area contributed by atoms with E-state index in [9.17, 15) is 0 Å². The molecule has 1 aromatic heterocycles. The monoisotopic (exact) mass is 503 g/mol. The SMILES string of the molecule is CCCCCCn1c(-c2ccc(Cl)cc2)nn(CN2CCN(c3ccccc3Cl)CC2)c1=S. The molecule has 2 aromatic carbocycles. The zero-order valence-electron chi connectivity index (χ0n) is 19.1. The second-order valence-corrected chi connectivity index (χ2v) is 9.73. The van der Waals surface area contributed by atoms with E-state index in [1.807, 2.05) is 47.1 Å². The van der Waals surface area contributed by atoms with Gasteiger partial charge in [-0.2, -0.15) is 5.10 Å². The molecule has 0 bridgehead atoms. The highest BCUT2D eigenvalue weighted by atomic mass is 35.5. The van der Waals surface area contributed by atoms with Gasteiger partial charge >= 0.3 is 0 Å². The van der Waals surface area contributed by atoms with Gasteiger partial charge in [-0.3, -0.25) is 9.47 Å². The summed E-state index contributed by atoms with van der Waals surface area (Å²) in [6.07, 6.45) is 4.76. The fraction of sp³-hybridized carbons (Fsp3) is 0.440. The molecule has 0 aliphatic carbocycles. The molecule has 0 atom stereocenters. The topological polar surface area (TPSA) is 29.2 Å². The number of hydrogen-bond acceptors (Lipinski definition) is 4. The average molecular weight is 505 g/mol. The van der Waals surface area contributed by atoms with E-state index in [1.54, 1.807) is 0 Å². The van der Waals surface area contributed by atoms with Crippen LogP contribution in [0.15, 0.2) is 48.5 Å². The number of rotatable bonds is 9. The number of nitrogens with zero attached hydrogens (tertiary/aromatic N) is 5. The maximum Gasteiger partial charge on any atom is 0.199 e. The molecule has 3 aromatic rings. The number of aromatic nitrogens is 3. The second kappa shape index (κ2) is 11.5. The average Bonchev–Trinajstić information content (AvgIpc) is 3.13. The van der Waals surface area contributed by atoms with Crippen molar-refractivity contribution >= 4 is 41.1 Å². The summed E-state index contributed by atoms with van der Waals surface area (Å²) in [5, 5.41) is 6.48. The molecule has 8 heteroatoms. The van der Waals surface area contributed by atoms with Gasteiger partial charge in [0.15, 0.2) is 10.6 Å². The van der Waals surface area contributed by atoms with Gasteiger partial charge in [0.2, 0.25) is 0 Å². The molecule has 0 amide bonds. The lowest BCUT2D eigenvalue weighted by atomic mass is 10.2. The zero-order chi connectivity index (χ0) is 23.2. The molecule has 0 radical (unpaired) electrons. The van der Waals surface area contributed by atoms with Gasteiger partial charge in [0, 0.05) is 43.3 Å². The van der Waals surface area contributed by atoms with Crippen molar-refractivity contribution in [3.63, 3.8) is 0 Å². The summed E-state index contributed by atoms with van der Waals surface area (Å²) in [5.41, 5.74) is 2.15. The van der Waals surface area contributed by atoms with Gasteiger partial charge in [-0.05, 0) is 55.0 Å². The minimum Gasteiger partial charge on any atom is -0.368 e. The lowest BCUT2D eigenvalue weighted by Gasteiger charge is -2.36. The van der Waals surface area contributed by atoms with Crippen LogP contribution in [0.5, 0.6) is 0 Å². The third-order valence-electron chi connectivity index (χ3n) is 6.16. The maximum atomic E-state index is 6.40. The maximum absolute atomic E-state index is 6.40. The number of hydrogen-bond donors (Lipinski definition) is 0. The fourth-order valence-corrected chi connectivity index (χ4v) is 4.93. The largest absolute Gasteiger partial charge is 0.368 e. The number of anilines is 1. The van der Waals surface area contributed by atoms with Crippen LogP contribution < -0.4 is 4.90 Å².